The van der Waals surface area contributed by atoms with Crippen LogP contribution in [0.25, 0.3) is 11.3 Å². The van der Waals surface area contributed by atoms with Crippen molar-refractivity contribution in [3.8, 4) is 22.8 Å². The maximum Gasteiger partial charge on any atom is 0.209 e. The fourth-order valence-electron chi connectivity index (χ4n) is 1.98. The lowest BCUT2D eigenvalue weighted by molar-refractivity contribution is 0.373. The lowest BCUT2D eigenvalue weighted by Gasteiger charge is -2.02. The molecule has 3 rings (SSSR count). The van der Waals surface area contributed by atoms with Crippen LogP contribution < -0.4 is 4.74 Å². The third-order valence-electron chi connectivity index (χ3n) is 3.16. The van der Waals surface area contributed by atoms with Gasteiger partial charge in [-0.3, -0.25) is 0 Å². The van der Waals surface area contributed by atoms with Gasteiger partial charge in [0.1, 0.15) is 0 Å². The summed E-state index contributed by atoms with van der Waals surface area (Å²) < 4.78 is 5.07. The number of aromatic nitrogens is 1. The van der Waals surface area contributed by atoms with Crippen molar-refractivity contribution in [1.29, 1.82) is 0 Å². The number of hydrogen-bond donors (Lipinski definition) is 1. The van der Waals surface area contributed by atoms with Gasteiger partial charge in [0.25, 0.3) is 0 Å². The van der Waals surface area contributed by atoms with Gasteiger partial charge in [0.05, 0.1) is 12.8 Å². The van der Waals surface area contributed by atoms with E-state index in [1.807, 2.05) is 29.6 Å². The molecule has 0 spiro atoms. The number of methoxy groups -OCH3 is 1. The smallest absolute Gasteiger partial charge is 0.209 e. The number of halogens is 1. The summed E-state index contributed by atoms with van der Waals surface area (Å²) in [5.41, 5.74) is 2.68. The van der Waals surface area contributed by atoms with Gasteiger partial charge in [-0.05, 0) is 35.9 Å². The first-order chi connectivity index (χ1) is 11.2. The second-order valence-electron chi connectivity index (χ2n) is 4.71. The predicted octanol–water partition coefficient (Wildman–Crippen LogP) is 4.93. The number of phenolic OH excluding ortho intramolecular Hbond substituents is 1. The molecule has 0 fully saturated rings. The lowest BCUT2D eigenvalue weighted by atomic mass is 10.2. The molecule has 0 bridgehead atoms. The highest BCUT2D eigenvalue weighted by molar-refractivity contribution is 7.13. The molecule has 0 atom stereocenters. The molecule has 0 aliphatic carbocycles. The van der Waals surface area contributed by atoms with Crippen LogP contribution in [0, 0.1) is 0 Å². The molecule has 0 saturated heterocycles. The topological polar surface area (TPSA) is 54.7 Å². The molecule has 1 N–H and O–H groups in total. The standard InChI is InChI=1S/C17H13ClN2O2S/c1-22-16-8-11(2-7-15(16)21)9-19-17-20-14(10-23-17)12-3-5-13(18)6-4-12/h2-10,21H,1H3/b19-9+. The van der Waals surface area contributed by atoms with Gasteiger partial charge in [-0.25, -0.2) is 9.98 Å². The van der Waals surface area contributed by atoms with E-state index in [2.05, 4.69) is 9.98 Å². The third kappa shape index (κ3) is 3.70. The Morgan fingerprint density at radius 3 is 2.74 bits per heavy atom. The number of nitrogens with zero attached hydrogens (tertiary/aromatic N) is 2. The fraction of sp³-hybridized carbons (Fsp3) is 0.0588. The minimum atomic E-state index is 0.101. The van der Waals surface area contributed by atoms with E-state index in [1.54, 1.807) is 24.4 Å². The van der Waals surface area contributed by atoms with Crippen LogP contribution in [0.15, 0.2) is 52.8 Å². The van der Waals surface area contributed by atoms with Crippen molar-refractivity contribution in [2.24, 2.45) is 4.99 Å². The zero-order valence-corrected chi connectivity index (χ0v) is 13.8. The molecule has 1 aromatic heterocycles. The molecule has 23 heavy (non-hydrogen) atoms. The Labute approximate surface area is 142 Å². The minimum Gasteiger partial charge on any atom is -0.504 e. The normalized spacial score (nSPS) is 11.0. The average Bonchev–Trinajstić information content (AvgIpc) is 3.04. The zero-order valence-electron chi connectivity index (χ0n) is 12.2. The van der Waals surface area contributed by atoms with E-state index >= 15 is 0 Å². The van der Waals surface area contributed by atoms with E-state index in [0.29, 0.717) is 15.9 Å². The third-order valence-corrected chi connectivity index (χ3v) is 4.16. The van der Waals surface area contributed by atoms with Crippen LogP contribution in [-0.2, 0) is 0 Å². The second-order valence-corrected chi connectivity index (χ2v) is 5.98. The number of thiazole rings is 1. The summed E-state index contributed by atoms with van der Waals surface area (Å²) in [6, 6.07) is 12.6. The Bertz CT molecular complexity index is 844. The average molecular weight is 345 g/mol. The number of hydrogen-bond acceptors (Lipinski definition) is 5. The van der Waals surface area contributed by atoms with Crippen molar-refractivity contribution in [2.45, 2.75) is 0 Å². The van der Waals surface area contributed by atoms with Crippen molar-refractivity contribution >= 4 is 34.3 Å². The Balaban J connectivity index is 1.80. The van der Waals surface area contributed by atoms with Gasteiger partial charge in [0.2, 0.25) is 5.13 Å². The van der Waals surface area contributed by atoms with Crippen LogP contribution in [0.1, 0.15) is 5.56 Å². The Morgan fingerprint density at radius 2 is 2.00 bits per heavy atom. The predicted molar refractivity (Wildman–Crippen MR) is 94.5 cm³/mol. The minimum absolute atomic E-state index is 0.101. The molecule has 0 aliphatic heterocycles. The van der Waals surface area contributed by atoms with E-state index in [0.717, 1.165) is 16.8 Å². The molecule has 2 aromatic carbocycles. The van der Waals surface area contributed by atoms with Crippen molar-refractivity contribution < 1.29 is 9.84 Å². The van der Waals surface area contributed by atoms with Crippen molar-refractivity contribution in [3.05, 3.63) is 58.4 Å². The van der Waals surface area contributed by atoms with Gasteiger partial charge in [-0.15, -0.1) is 11.3 Å². The van der Waals surface area contributed by atoms with Gasteiger partial charge in [-0.1, -0.05) is 23.7 Å². The van der Waals surface area contributed by atoms with Crippen molar-refractivity contribution in [2.75, 3.05) is 7.11 Å². The number of aliphatic imine (C=N–C) groups is 1. The zero-order chi connectivity index (χ0) is 16.2. The van der Waals surface area contributed by atoms with Crippen LogP contribution >= 0.6 is 22.9 Å². The summed E-state index contributed by atoms with van der Waals surface area (Å²) in [6.07, 6.45) is 1.69. The second kappa shape index (κ2) is 6.81. The number of rotatable bonds is 4. The first kappa shape index (κ1) is 15.5. The highest BCUT2D eigenvalue weighted by Crippen LogP contribution is 2.28. The van der Waals surface area contributed by atoms with Crippen molar-refractivity contribution in [1.82, 2.24) is 4.98 Å². The highest BCUT2D eigenvalue weighted by Gasteiger charge is 2.04. The van der Waals surface area contributed by atoms with E-state index in [1.165, 1.54) is 18.4 Å². The van der Waals surface area contributed by atoms with E-state index in [4.69, 9.17) is 16.3 Å². The molecule has 1 heterocycles. The first-order valence-corrected chi connectivity index (χ1v) is 8.04. The monoisotopic (exact) mass is 344 g/mol. The highest BCUT2D eigenvalue weighted by atomic mass is 35.5. The van der Waals surface area contributed by atoms with E-state index in [-0.39, 0.29) is 5.75 Å². The van der Waals surface area contributed by atoms with E-state index < -0.39 is 0 Å². The van der Waals surface area contributed by atoms with Crippen LogP contribution in [0.3, 0.4) is 0 Å². The Kier molecular flexibility index (Phi) is 4.60. The summed E-state index contributed by atoms with van der Waals surface area (Å²) in [6.45, 7) is 0. The molecule has 0 aliphatic rings. The van der Waals surface area contributed by atoms with Gasteiger partial charge in [0.15, 0.2) is 11.5 Å². The molecule has 0 saturated carbocycles. The Morgan fingerprint density at radius 1 is 1.22 bits per heavy atom. The summed E-state index contributed by atoms with van der Waals surface area (Å²) in [4.78, 5) is 8.85. The number of phenols is 1. The SMILES string of the molecule is COc1cc(/C=N/c2nc(-c3ccc(Cl)cc3)cs2)ccc1O. The molecule has 0 unspecified atom stereocenters. The number of benzene rings is 2. The number of ether oxygens (including phenoxy) is 1. The van der Waals surface area contributed by atoms with Crippen LogP contribution in [0.2, 0.25) is 5.02 Å². The van der Waals surface area contributed by atoms with Crippen LogP contribution in [0.5, 0.6) is 11.5 Å². The van der Waals surface area contributed by atoms with Gasteiger partial charge >= 0.3 is 0 Å². The molecule has 116 valence electrons. The maximum absolute atomic E-state index is 9.58. The maximum atomic E-state index is 9.58. The molecule has 0 amide bonds. The quantitative estimate of drug-likeness (QED) is 0.683. The van der Waals surface area contributed by atoms with Crippen LogP contribution in [0.4, 0.5) is 5.13 Å². The molecular formula is C17H13ClN2O2S. The fourth-order valence-corrected chi connectivity index (χ4v) is 2.78. The van der Waals surface area contributed by atoms with Gasteiger partial charge < -0.3 is 9.84 Å². The van der Waals surface area contributed by atoms with E-state index in [9.17, 15) is 5.11 Å². The summed E-state index contributed by atoms with van der Waals surface area (Å²) in [7, 11) is 1.51. The summed E-state index contributed by atoms with van der Waals surface area (Å²) in [5, 5.41) is 12.9. The molecule has 3 aromatic rings. The molecular weight excluding hydrogens is 332 g/mol. The van der Waals surface area contributed by atoms with Gasteiger partial charge in [0, 0.05) is 22.2 Å². The largest absolute Gasteiger partial charge is 0.504 e. The molecule has 6 heteroatoms. The Hall–Kier alpha value is -2.37. The number of aromatic hydroxyl groups is 1. The van der Waals surface area contributed by atoms with Crippen molar-refractivity contribution in [3.63, 3.8) is 0 Å². The summed E-state index contributed by atoms with van der Waals surface area (Å²) >= 11 is 7.35. The summed E-state index contributed by atoms with van der Waals surface area (Å²) in [5.74, 6) is 0.513. The molecule has 0 radical (unpaired) electrons. The van der Waals surface area contributed by atoms with Gasteiger partial charge in [-0.2, -0.15) is 0 Å². The first-order valence-electron chi connectivity index (χ1n) is 6.78. The van der Waals surface area contributed by atoms with Crippen LogP contribution in [-0.4, -0.2) is 23.4 Å². The lowest BCUT2D eigenvalue weighted by Crippen LogP contribution is -1.86. The molecule has 4 nitrogen and oxygen atoms in total.